The maximum absolute atomic E-state index is 5.81. The van der Waals surface area contributed by atoms with E-state index in [0.717, 1.165) is 22.8 Å². The Morgan fingerprint density at radius 1 is 1.37 bits per heavy atom. The number of ether oxygens (including phenoxy) is 1. The van der Waals surface area contributed by atoms with Crippen LogP contribution in [0.3, 0.4) is 0 Å². The van der Waals surface area contributed by atoms with E-state index in [1.807, 2.05) is 31.6 Å². The molecule has 0 radical (unpaired) electrons. The standard InChI is InChI=1S/C14H20N4O/c1-10(2)18-9-16-7-12(18)8-19-14-5-4-11(3)17-13(14)6-15/h4-5,7,9-10H,6,8,15H2,1-3H3. The third-order valence-electron chi connectivity index (χ3n) is 2.94. The highest BCUT2D eigenvalue weighted by atomic mass is 16.5. The van der Waals surface area contributed by atoms with Crippen LogP contribution in [0.2, 0.25) is 0 Å². The zero-order valence-electron chi connectivity index (χ0n) is 11.6. The van der Waals surface area contributed by atoms with Gasteiger partial charge in [-0.1, -0.05) is 0 Å². The van der Waals surface area contributed by atoms with Gasteiger partial charge in [0, 0.05) is 18.3 Å². The highest BCUT2D eigenvalue weighted by Crippen LogP contribution is 2.18. The van der Waals surface area contributed by atoms with Gasteiger partial charge in [0.1, 0.15) is 12.4 Å². The molecule has 0 spiro atoms. The molecule has 102 valence electrons. The van der Waals surface area contributed by atoms with E-state index in [0.29, 0.717) is 19.2 Å². The van der Waals surface area contributed by atoms with Gasteiger partial charge in [0.15, 0.2) is 0 Å². The Hall–Kier alpha value is -1.88. The molecular weight excluding hydrogens is 240 g/mol. The van der Waals surface area contributed by atoms with Crippen molar-refractivity contribution in [1.82, 2.24) is 14.5 Å². The van der Waals surface area contributed by atoms with Crippen molar-refractivity contribution in [1.29, 1.82) is 0 Å². The second-order valence-corrected chi connectivity index (χ2v) is 4.78. The van der Waals surface area contributed by atoms with Crippen molar-refractivity contribution in [3.05, 3.63) is 41.7 Å². The van der Waals surface area contributed by atoms with Crippen LogP contribution in [-0.4, -0.2) is 14.5 Å². The van der Waals surface area contributed by atoms with Crippen molar-refractivity contribution in [3.63, 3.8) is 0 Å². The lowest BCUT2D eigenvalue weighted by Crippen LogP contribution is -2.09. The number of nitrogens with zero attached hydrogens (tertiary/aromatic N) is 3. The van der Waals surface area contributed by atoms with E-state index < -0.39 is 0 Å². The van der Waals surface area contributed by atoms with E-state index in [-0.39, 0.29) is 0 Å². The van der Waals surface area contributed by atoms with Gasteiger partial charge in [-0.05, 0) is 32.9 Å². The maximum atomic E-state index is 5.81. The molecule has 5 nitrogen and oxygen atoms in total. The minimum absolute atomic E-state index is 0.367. The van der Waals surface area contributed by atoms with Gasteiger partial charge in [-0.25, -0.2) is 4.98 Å². The van der Waals surface area contributed by atoms with Crippen LogP contribution in [0, 0.1) is 6.92 Å². The molecular formula is C14H20N4O. The summed E-state index contributed by atoms with van der Waals surface area (Å²) in [6.45, 7) is 7.01. The minimum Gasteiger partial charge on any atom is -0.485 e. The molecule has 0 aliphatic rings. The van der Waals surface area contributed by atoms with Gasteiger partial charge in [0.2, 0.25) is 0 Å². The molecule has 0 aliphatic carbocycles. The lowest BCUT2D eigenvalue weighted by molar-refractivity contribution is 0.287. The topological polar surface area (TPSA) is 66.0 Å². The SMILES string of the molecule is Cc1ccc(OCc2cncn2C(C)C)c(CN)n1. The molecule has 2 N–H and O–H groups in total. The van der Waals surface area contributed by atoms with Crippen molar-refractivity contribution in [2.24, 2.45) is 5.73 Å². The largest absolute Gasteiger partial charge is 0.485 e. The molecule has 0 aromatic carbocycles. The first-order valence-electron chi connectivity index (χ1n) is 6.42. The molecule has 2 aromatic rings. The molecule has 0 saturated heterocycles. The quantitative estimate of drug-likeness (QED) is 0.895. The Kier molecular flexibility index (Phi) is 4.16. The van der Waals surface area contributed by atoms with Crippen LogP contribution < -0.4 is 10.5 Å². The molecule has 0 aliphatic heterocycles. The average molecular weight is 260 g/mol. The number of aromatic nitrogens is 3. The van der Waals surface area contributed by atoms with Crippen LogP contribution in [0.1, 0.15) is 37.0 Å². The first-order valence-corrected chi connectivity index (χ1v) is 6.42. The Bertz CT molecular complexity index is 548. The molecule has 19 heavy (non-hydrogen) atoms. The number of rotatable bonds is 5. The van der Waals surface area contributed by atoms with Crippen LogP contribution in [0.5, 0.6) is 5.75 Å². The van der Waals surface area contributed by atoms with Gasteiger partial charge in [0.05, 0.1) is 23.9 Å². The fourth-order valence-electron chi connectivity index (χ4n) is 1.94. The molecule has 0 atom stereocenters. The molecule has 0 amide bonds. The average Bonchev–Trinajstić information content (AvgIpc) is 2.85. The van der Waals surface area contributed by atoms with Crippen LogP contribution >= 0.6 is 0 Å². The highest BCUT2D eigenvalue weighted by molar-refractivity contribution is 5.29. The van der Waals surface area contributed by atoms with Crippen LogP contribution in [0.15, 0.2) is 24.7 Å². The van der Waals surface area contributed by atoms with Gasteiger partial charge in [0.25, 0.3) is 0 Å². The normalized spacial score (nSPS) is 11.0. The number of aryl methyl sites for hydroxylation is 1. The summed E-state index contributed by atoms with van der Waals surface area (Å²) in [6, 6.07) is 4.21. The van der Waals surface area contributed by atoms with Crippen molar-refractivity contribution in [3.8, 4) is 5.75 Å². The minimum atomic E-state index is 0.367. The Morgan fingerprint density at radius 2 is 2.16 bits per heavy atom. The van der Waals surface area contributed by atoms with Gasteiger partial charge < -0.3 is 15.0 Å². The van der Waals surface area contributed by atoms with Crippen LogP contribution in [0.25, 0.3) is 0 Å². The Morgan fingerprint density at radius 3 is 2.84 bits per heavy atom. The zero-order valence-corrected chi connectivity index (χ0v) is 11.6. The number of hydrogen-bond donors (Lipinski definition) is 1. The lowest BCUT2D eigenvalue weighted by Gasteiger charge is -2.14. The van der Waals surface area contributed by atoms with Crippen molar-refractivity contribution in [2.75, 3.05) is 0 Å². The second kappa shape index (κ2) is 5.84. The van der Waals surface area contributed by atoms with E-state index >= 15 is 0 Å². The fourth-order valence-corrected chi connectivity index (χ4v) is 1.94. The number of imidazole rings is 1. The predicted molar refractivity (Wildman–Crippen MR) is 73.8 cm³/mol. The predicted octanol–water partition coefficient (Wildman–Crippen LogP) is 2.21. The van der Waals surface area contributed by atoms with E-state index in [2.05, 4.69) is 28.4 Å². The van der Waals surface area contributed by atoms with Gasteiger partial charge in [-0.15, -0.1) is 0 Å². The van der Waals surface area contributed by atoms with Crippen molar-refractivity contribution in [2.45, 2.75) is 40.0 Å². The summed E-state index contributed by atoms with van der Waals surface area (Å²) in [6.07, 6.45) is 3.64. The Balaban J connectivity index is 2.12. The highest BCUT2D eigenvalue weighted by Gasteiger charge is 2.08. The number of nitrogens with two attached hydrogens (primary N) is 1. The van der Waals surface area contributed by atoms with E-state index in [9.17, 15) is 0 Å². The maximum Gasteiger partial charge on any atom is 0.142 e. The fraction of sp³-hybridized carbons (Fsp3) is 0.429. The lowest BCUT2D eigenvalue weighted by atomic mass is 10.3. The summed E-state index contributed by atoms with van der Waals surface area (Å²) in [7, 11) is 0. The molecule has 2 aromatic heterocycles. The van der Waals surface area contributed by atoms with Crippen LogP contribution in [0.4, 0.5) is 0 Å². The van der Waals surface area contributed by atoms with Gasteiger partial charge >= 0.3 is 0 Å². The second-order valence-electron chi connectivity index (χ2n) is 4.78. The first-order chi connectivity index (χ1) is 9.11. The summed E-state index contributed by atoms with van der Waals surface area (Å²) in [4.78, 5) is 8.53. The summed E-state index contributed by atoms with van der Waals surface area (Å²) >= 11 is 0. The van der Waals surface area contributed by atoms with E-state index in [1.165, 1.54) is 0 Å². The summed E-state index contributed by atoms with van der Waals surface area (Å²) in [5, 5.41) is 0. The first kappa shape index (κ1) is 13.5. The molecule has 0 unspecified atom stereocenters. The summed E-state index contributed by atoms with van der Waals surface area (Å²) in [5.41, 5.74) is 8.46. The smallest absolute Gasteiger partial charge is 0.142 e. The van der Waals surface area contributed by atoms with Crippen molar-refractivity contribution >= 4 is 0 Å². The molecule has 5 heteroatoms. The Labute approximate surface area is 113 Å². The molecule has 0 fully saturated rings. The van der Waals surface area contributed by atoms with Crippen LogP contribution in [-0.2, 0) is 13.2 Å². The summed E-state index contributed by atoms with van der Waals surface area (Å²) < 4.78 is 7.90. The summed E-state index contributed by atoms with van der Waals surface area (Å²) in [5.74, 6) is 0.740. The zero-order chi connectivity index (χ0) is 13.8. The molecule has 2 heterocycles. The van der Waals surface area contributed by atoms with E-state index in [1.54, 1.807) is 0 Å². The third-order valence-corrected chi connectivity index (χ3v) is 2.94. The van der Waals surface area contributed by atoms with Gasteiger partial charge in [-0.2, -0.15) is 0 Å². The molecule has 0 saturated carbocycles. The molecule has 0 bridgehead atoms. The monoisotopic (exact) mass is 260 g/mol. The molecule has 2 rings (SSSR count). The number of hydrogen-bond acceptors (Lipinski definition) is 4. The van der Waals surface area contributed by atoms with Gasteiger partial charge in [-0.3, -0.25) is 4.98 Å². The van der Waals surface area contributed by atoms with E-state index in [4.69, 9.17) is 10.5 Å². The van der Waals surface area contributed by atoms with Crippen molar-refractivity contribution < 1.29 is 4.74 Å². The third kappa shape index (κ3) is 3.12. The number of pyridine rings is 1.